The highest BCUT2D eigenvalue weighted by atomic mass is 32.2. The molecule has 0 atom stereocenters. The number of thiazole rings is 1. The quantitative estimate of drug-likeness (QED) is 0.352. The molecule has 31 heavy (non-hydrogen) atoms. The Hall–Kier alpha value is -2.77. The Bertz CT molecular complexity index is 1180. The second kappa shape index (κ2) is 8.77. The number of thioether (sulfide) groups is 1. The Morgan fingerprint density at radius 1 is 1.19 bits per heavy atom. The molecule has 5 rings (SSSR count). The molecule has 0 spiro atoms. The van der Waals surface area contributed by atoms with Crippen molar-refractivity contribution in [1.29, 1.82) is 0 Å². The van der Waals surface area contributed by atoms with E-state index >= 15 is 0 Å². The second-order valence-corrected chi connectivity index (χ2v) is 9.42. The fourth-order valence-corrected chi connectivity index (χ4v) is 5.01. The van der Waals surface area contributed by atoms with Crippen molar-refractivity contribution < 1.29 is 4.79 Å². The Kier molecular flexibility index (Phi) is 5.70. The molecule has 1 saturated carbocycles. The number of imidazole rings is 1. The van der Waals surface area contributed by atoms with Gasteiger partial charge >= 0.3 is 6.03 Å². The number of fused-ring (bicyclic) bond motifs is 1. The van der Waals surface area contributed by atoms with E-state index < -0.39 is 0 Å². The molecular weight excluding hydrogens is 424 g/mol. The van der Waals surface area contributed by atoms with Crippen LogP contribution in [0.4, 0.5) is 10.5 Å². The third-order valence-electron chi connectivity index (χ3n) is 5.55. The highest BCUT2D eigenvalue weighted by Crippen LogP contribution is 2.29. The molecular formula is C24H24N4OS2. The lowest BCUT2D eigenvalue weighted by Crippen LogP contribution is -2.38. The number of carbonyl (C=O) groups excluding carboxylic acids is 1. The van der Waals surface area contributed by atoms with Crippen LogP contribution in [0.5, 0.6) is 0 Å². The third-order valence-corrected chi connectivity index (χ3v) is 7.18. The summed E-state index contributed by atoms with van der Waals surface area (Å²) in [6.45, 7) is 0.698. The van der Waals surface area contributed by atoms with E-state index in [9.17, 15) is 4.79 Å². The van der Waals surface area contributed by atoms with Crippen LogP contribution in [0, 0.1) is 0 Å². The molecule has 0 saturated heterocycles. The summed E-state index contributed by atoms with van der Waals surface area (Å²) < 4.78 is 2.16. The van der Waals surface area contributed by atoms with E-state index in [2.05, 4.69) is 33.4 Å². The minimum Gasteiger partial charge on any atom is -0.321 e. The van der Waals surface area contributed by atoms with Crippen LogP contribution in [0.25, 0.3) is 16.2 Å². The summed E-state index contributed by atoms with van der Waals surface area (Å²) in [7, 11) is 0. The number of anilines is 1. The summed E-state index contributed by atoms with van der Waals surface area (Å²) in [5.41, 5.74) is 4.14. The number of carbonyl (C=O) groups is 1. The number of aromatic nitrogens is 2. The van der Waals surface area contributed by atoms with Gasteiger partial charge in [0.05, 0.1) is 5.69 Å². The standard InChI is InChI=1S/C24H24N4OS2/c1-30-21-11-7-18(8-12-21)25-23(29)27(19-9-10-19)14-13-20-16-31-24-26-22(15-28(20)24)17-5-3-2-4-6-17/h2-8,11-12,15-16,19H,9-10,13-14H2,1H3,(H,25,29). The average Bonchev–Trinajstić information content (AvgIpc) is 3.43. The Balaban J connectivity index is 1.28. The summed E-state index contributed by atoms with van der Waals surface area (Å²) >= 11 is 3.35. The third kappa shape index (κ3) is 4.48. The lowest BCUT2D eigenvalue weighted by atomic mass is 10.2. The Morgan fingerprint density at radius 2 is 1.97 bits per heavy atom. The average molecular weight is 449 g/mol. The lowest BCUT2D eigenvalue weighted by Gasteiger charge is -2.23. The van der Waals surface area contributed by atoms with E-state index in [1.54, 1.807) is 23.1 Å². The number of benzene rings is 2. The lowest BCUT2D eigenvalue weighted by molar-refractivity contribution is 0.209. The van der Waals surface area contributed by atoms with Gasteiger partial charge in [-0.3, -0.25) is 4.40 Å². The molecule has 0 unspecified atom stereocenters. The van der Waals surface area contributed by atoms with Gasteiger partial charge in [-0.25, -0.2) is 9.78 Å². The van der Waals surface area contributed by atoms with Crippen LogP contribution in [-0.2, 0) is 6.42 Å². The van der Waals surface area contributed by atoms with Gasteiger partial charge in [0, 0.05) is 52.4 Å². The number of amides is 2. The van der Waals surface area contributed by atoms with Crippen molar-refractivity contribution in [2.24, 2.45) is 0 Å². The number of hydrogen-bond donors (Lipinski definition) is 1. The molecule has 0 aliphatic heterocycles. The summed E-state index contributed by atoms with van der Waals surface area (Å²) in [5.74, 6) is 0. The largest absolute Gasteiger partial charge is 0.322 e. The Labute approximate surface area is 190 Å². The van der Waals surface area contributed by atoms with Gasteiger partial charge < -0.3 is 10.2 Å². The molecule has 158 valence electrons. The predicted octanol–water partition coefficient (Wildman–Crippen LogP) is 6.02. The van der Waals surface area contributed by atoms with Gasteiger partial charge in [-0.05, 0) is 43.4 Å². The van der Waals surface area contributed by atoms with Gasteiger partial charge in [0.1, 0.15) is 0 Å². The minimum atomic E-state index is -0.0125. The van der Waals surface area contributed by atoms with Gasteiger partial charge in [-0.1, -0.05) is 30.3 Å². The Morgan fingerprint density at radius 3 is 2.68 bits per heavy atom. The zero-order valence-corrected chi connectivity index (χ0v) is 19.0. The van der Waals surface area contributed by atoms with Crippen LogP contribution in [0.3, 0.4) is 0 Å². The van der Waals surface area contributed by atoms with E-state index in [1.165, 1.54) is 10.6 Å². The van der Waals surface area contributed by atoms with Crippen molar-refractivity contribution >= 4 is 39.8 Å². The van der Waals surface area contributed by atoms with Crippen LogP contribution in [0.15, 0.2) is 71.1 Å². The number of urea groups is 1. The maximum absolute atomic E-state index is 13.0. The number of rotatable bonds is 7. The molecule has 2 amide bonds. The van der Waals surface area contributed by atoms with Crippen LogP contribution < -0.4 is 5.32 Å². The van der Waals surface area contributed by atoms with Gasteiger partial charge in [0.25, 0.3) is 0 Å². The zero-order valence-electron chi connectivity index (χ0n) is 17.3. The maximum atomic E-state index is 13.0. The van der Waals surface area contributed by atoms with Crippen LogP contribution >= 0.6 is 23.1 Å². The normalized spacial score (nSPS) is 13.5. The van der Waals surface area contributed by atoms with Crippen LogP contribution in [0.1, 0.15) is 18.5 Å². The molecule has 2 heterocycles. The van der Waals surface area contributed by atoms with Crippen molar-refractivity contribution in [2.75, 3.05) is 18.1 Å². The summed E-state index contributed by atoms with van der Waals surface area (Å²) in [6.07, 6.45) is 7.13. The molecule has 4 aromatic rings. The van der Waals surface area contributed by atoms with Crippen molar-refractivity contribution in [1.82, 2.24) is 14.3 Å². The fraction of sp³-hybridized carbons (Fsp3) is 0.250. The highest BCUT2D eigenvalue weighted by molar-refractivity contribution is 7.98. The zero-order chi connectivity index (χ0) is 21.2. The second-order valence-electron chi connectivity index (χ2n) is 7.71. The van der Waals surface area contributed by atoms with Crippen LogP contribution in [0.2, 0.25) is 0 Å². The molecule has 5 nitrogen and oxygen atoms in total. The van der Waals surface area contributed by atoms with Crippen molar-refractivity contribution in [3.8, 4) is 11.3 Å². The van der Waals surface area contributed by atoms with E-state index in [0.717, 1.165) is 41.2 Å². The molecule has 2 aromatic heterocycles. The highest BCUT2D eigenvalue weighted by Gasteiger charge is 2.32. The van der Waals surface area contributed by atoms with Gasteiger partial charge in [-0.15, -0.1) is 23.1 Å². The van der Waals surface area contributed by atoms with Gasteiger partial charge in [-0.2, -0.15) is 0 Å². The van der Waals surface area contributed by atoms with E-state index in [-0.39, 0.29) is 6.03 Å². The topological polar surface area (TPSA) is 49.6 Å². The maximum Gasteiger partial charge on any atom is 0.322 e. The first-order chi connectivity index (χ1) is 15.2. The molecule has 1 fully saturated rings. The molecule has 7 heteroatoms. The first-order valence-electron chi connectivity index (χ1n) is 10.4. The van der Waals surface area contributed by atoms with Crippen molar-refractivity contribution in [3.63, 3.8) is 0 Å². The predicted molar refractivity (Wildman–Crippen MR) is 129 cm³/mol. The monoisotopic (exact) mass is 448 g/mol. The molecule has 1 N–H and O–H groups in total. The SMILES string of the molecule is CSc1ccc(NC(=O)N(CCc2csc3nc(-c4ccccc4)cn23)C2CC2)cc1. The minimum absolute atomic E-state index is 0.0125. The summed E-state index contributed by atoms with van der Waals surface area (Å²) in [6, 6.07) is 18.6. The number of hydrogen-bond acceptors (Lipinski definition) is 4. The first kappa shape index (κ1) is 20.2. The smallest absolute Gasteiger partial charge is 0.321 e. The van der Waals surface area contributed by atoms with Gasteiger partial charge in [0.2, 0.25) is 0 Å². The fourth-order valence-electron chi connectivity index (χ4n) is 3.70. The summed E-state index contributed by atoms with van der Waals surface area (Å²) in [5, 5.41) is 5.22. The molecule has 0 bridgehead atoms. The molecule has 1 aliphatic rings. The van der Waals surface area contributed by atoms with E-state index in [4.69, 9.17) is 4.98 Å². The van der Waals surface area contributed by atoms with E-state index in [0.29, 0.717) is 12.6 Å². The summed E-state index contributed by atoms with van der Waals surface area (Å²) in [4.78, 5) is 21.9. The van der Waals surface area contributed by atoms with Crippen molar-refractivity contribution in [3.05, 3.63) is 71.9 Å². The number of nitrogens with zero attached hydrogens (tertiary/aromatic N) is 3. The van der Waals surface area contributed by atoms with Crippen LogP contribution in [-0.4, -0.2) is 39.2 Å². The first-order valence-corrected chi connectivity index (χ1v) is 12.5. The molecule has 2 aromatic carbocycles. The van der Waals surface area contributed by atoms with Crippen molar-refractivity contribution in [2.45, 2.75) is 30.2 Å². The van der Waals surface area contributed by atoms with E-state index in [1.807, 2.05) is 53.6 Å². The molecule has 1 aliphatic carbocycles. The van der Waals surface area contributed by atoms with Gasteiger partial charge in [0.15, 0.2) is 4.96 Å². The number of nitrogens with one attached hydrogen (secondary N) is 1. The molecule has 0 radical (unpaired) electrons.